The maximum atomic E-state index is 12.9. The Balaban J connectivity index is 2.72. The van der Waals surface area contributed by atoms with E-state index in [9.17, 15) is 4.39 Å². The number of hydrogen-bond donors (Lipinski definition) is 1. The van der Waals surface area contributed by atoms with Gasteiger partial charge in [0.1, 0.15) is 18.2 Å². The molecule has 0 aliphatic heterocycles. The number of anilines is 1. The number of rotatable bonds is 4. The van der Waals surface area contributed by atoms with Gasteiger partial charge in [-0.1, -0.05) is 0 Å². The number of nitrogen functional groups attached to an aromatic ring is 1. The minimum Gasteiger partial charge on any atom is -0.489 e. The normalized spacial score (nSPS) is 10.2. The van der Waals surface area contributed by atoms with Crippen molar-refractivity contribution in [3.63, 3.8) is 0 Å². The summed E-state index contributed by atoms with van der Waals surface area (Å²) in [7, 11) is 1.58. The Bertz CT molecular complexity index is 320. The van der Waals surface area contributed by atoms with Gasteiger partial charge in [0.25, 0.3) is 0 Å². The van der Waals surface area contributed by atoms with Gasteiger partial charge in [0.2, 0.25) is 0 Å². The molecule has 78 valence electrons. The highest BCUT2D eigenvalue weighted by Crippen LogP contribution is 2.28. The summed E-state index contributed by atoms with van der Waals surface area (Å²) in [5.41, 5.74) is 5.83. The molecule has 3 nitrogen and oxygen atoms in total. The quantitative estimate of drug-likeness (QED) is 0.669. The van der Waals surface area contributed by atoms with Crippen LogP contribution < -0.4 is 10.5 Å². The lowest BCUT2D eigenvalue weighted by atomic mass is 10.3. The van der Waals surface area contributed by atoms with Crippen LogP contribution in [0.4, 0.5) is 10.1 Å². The SMILES string of the molecule is COCCOc1cc(Br)c(F)cc1N. The van der Waals surface area contributed by atoms with Crippen LogP contribution in [0.25, 0.3) is 0 Å². The standard InChI is InChI=1S/C9H11BrFNO2/c1-13-2-3-14-9-4-6(10)7(11)5-8(9)12/h4-5H,2-3,12H2,1H3. The van der Waals surface area contributed by atoms with Crippen molar-refractivity contribution >= 4 is 21.6 Å². The monoisotopic (exact) mass is 263 g/mol. The molecule has 0 radical (unpaired) electrons. The highest BCUT2D eigenvalue weighted by Gasteiger charge is 2.06. The van der Waals surface area contributed by atoms with Crippen molar-refractivity contribution in [1.29, 1.82) is 0 Å². The largest absolute Gasteiger partial charge is 0.489 e. The van der Waals surface area contributed by atoms with Crippen LogP contribution in [-0.2, 0) is 4.74 Å². The van der Waals surface area contributed by atoms with Gasteiger partial charge >= 0.3 is 0 Å². The summed E-state index contributed by atoms with van der Waals surface area (Å²) in [4.78, 5) is 0. The molecule has 0 aliphatic carbocycles. The van der Waals surface area contributed by atoms with Gasteiger partial charge < -0.3 is 15.2 Å². The van der Waals surface area contributed by atoms with Gasteiger partial charge in [0, 0.05) is 13.2 Å². The molecule has 0 aliphatic rings. The van der Waals surface area contributed by atoms with Gasteiger partial charge in [0.05, 0.1) is 16.8 Å². The lowest BCUT2D eigenvalue weighted by Gasteiger charge is -2.09. The van der Waals surface area contributed by atoms with Crippen LogP contribution in [0.2, 0.25) is 0 Å². The average Bonchev–Trinajstić information content (AvgIpc) is 2.14. The molecule has 0 saturated heterocycles. The van der Waals surface area contributed by atoms with Crippen LogP contribution in [-0.4, -0.2) is 20.3 Å². The van der Waals surface area contributed by atoms with Gasteiger partial charge in [-0.15, -0.1) is 0 Å². The summed E-state index contributed by atoms with van der Waals surface area (Å²) < 4.78 is 23.3. The molecule has 0 unspecified atom stereocenters. The fraction of sp³-hybridized carbons (Fsp3) is 0.333. The molecule has 1 aromatic rings. The van der Waals surface area contributed by atoms with Crippen molar-refractivity contribution in [1.82, 2.24) is 0 Å². The molecule has 0 heterocycles. The number of methoxy groups -OCH3 is 1. The number of hydrogen-bond acceptors (Lipinski definition) is 3. The summed E-state index contributed by atoms with van der Waals surface area (Å²) >= 11 is 3.05. The molecule has 0 aromatic heterocycles. The number of ether oxygens (including phenoxy) is 2. The maximum absolute atomic E-state index is 12.9. The topological polar surface area (TPSA) is 44.5 Å². The van der Waals surface area contributed by atoms with Crippen LogP contribution in [0.15, 0.2) is 16.6 Å². The highest BCUT2D eigenvalue weighted by molar-refractivity contribution is 9.10. The van der Waals surface area contributed by atoms with E-state index < -0.39 is 5.82 Å². The van der Waals surface area contributed by atoms with Crippen LogP contribution in [0.3, 0.4) is 0 Å². The van der Waals surface area contributed by atoms with Crippen LogP contribution >= 0.6 is 15.9 Å². The Hall–Kier alpha value is -0.810. The van der Waals surface area contributed by atoms with E-state index in [0.29, 0.717) is 23.4 Å². The first kappa shape index (κ1) is 11.3. The first-order chi connectivity index (χ1) is 6.65. The molecular formula is C9H11BrFNO2. The van der Waals surface area contributed by atoms with Crippen molar-refractivity contribution in [3.05, 3.63) is 22.4 Å². The molecule has 2 N–H and O–H groups in total. The molecule has 1 rings (SSSR count). The first-order valence-electron chi connectivity index (χ1n) is 4.01. The third-order valence-electron chi connectivity index (χ3n) is 1.60. The van der Waals surface area contributed by atoms with Gasteiger partial charge in [-0.05, 0) is 22.0 Å². The van der Waals surface area contributed by atoms with E-state index in [0.717, 1.165) is 0 Å². The molecular weight excluding hydrogens is 253 g/mol. The van der Waals surface area contributed by atoms with Crippen molar-refractivity contribution in [2.45, 2.75) is 0 Å². The number of benzene rings is 1. The molecule has 1 aromatic carbocycles. The number of nitrogens with two attached hydrogens (primary N) is 1. The summed E-state index contributed by atoms with van der Waals surface area (Å²) in [6.07, 6.45) is 0. The van der Waals surface area contributed by atoms with Crippen molar-refractivity contribution < 1.29 is 13.9 Å². The highest BCUT2D eigenvalue weighted by atomic mass is 79.9. The molecule has 0 bridgehead atoms. The van der Waals surface area contributed by atoms with Crippen molar-refractivity contribution in [3.8, 4) is 5.75 Å². The minimum atomic E-state index is -0.401. The Morgan fingerprint density at radius 3 is 2.79 bits per heavy atom. The fourth-order valence-corrected chi connectivity index (χ4v) is 1.23. The number of halogens is 2. The summed E-state index contributed by atoms with van der Waals surface area (Å²) in [6.45, 7) is 0.854. The third-order valence-corrected chi connectivity index (χ3v) is 2.21. The molecule has 0 fully saturated rings. The zero-order valence-corrected chi connectivity index (χ0v) is 9.30. The van der Waals surface area contributed by atoms with Crippen LogP contribution in [0.5, 0.6) is 5.75 Å². The Kier molecular flexibility index (Phi) is 4.16. The molecule has 0 saturated carbocycles. The van der Waals surface area contributed by atoms with E-state index in [1.165, 1.54) is 12.1 Å². The van der Waals surface area contributed by atoms with Crippen molar-refractivity contribution in [2.24, 2.45) is 0 Å². The van der Waals surface area contributed by atoms with Gasteiger partial charge in [-0.25, -0.2) is 4.39 Å². The van der Waals surface area contributed by atoms with Gasteiger partial charge in [0.15, 0.2) is 0 Å². The fourth-order valence-electron chi connectivity index (χ4n) is 0.904. The molecule has 0 amide bonds. The van der Waals surface area contributed by atoms with Crippen LogP contribution in [0.1, 0.15) is 0 Å². The average molecular weight is 264 g/mol. The predicted molar refractivity (Wildman–Crippen MR) is 55.9 cm³/mol. The zero-order valence-electron chi connectivity index (χ0n) is 7.72. The van der Waals surface area contributed by atoms with Crippen LogP contribution in [0, 0.1) is 5.82 Å². The Morgan fingerprint density at radius 2 is 2.14 bits per heavy atom. The van der Waals surface area contributed by atoms with E-state index in [1.807, 2.05) is 0 Å². The zero-order chi connectivity index (χ0) is 10.6. The lowest BCUT2D eigenvalue weighted by molar-refractivity contribution is 0.146. The second-order valence-corrected chi connectivity index (χ2v) is 3.50. The molecule has 5 heteroatoms. The van der Waals surface area contributed by atoms with Crippen molar-refractivity contribution in [2.75, 3.05) is 26.1 Å². The second-order valence-electron chi connectivity index (χ2n) is 2.65. The minimum absolute atomic E-state index is 0.279. The van der Waals surface area contributed by atoms with E-state index in [2.05, 4.69) is 15.9 Å². The van der Waals surface area contributed by atoms with E-state index in [4.69, 9.17) is 15.2 Å². The summed E-state index contributed by atoms with van der Waals surface area (Å²) in [5, 5.41) is 0. The predicted octanol–water partition coefficient (Wildman–Crippen LogP) is 2.20. The Labute approximate surface area is 90.1 Å². The third kappa shape index (κ3) is 2.85. The molecule has 0 spiro atoms. The Morgan fingerprint density at radius 1 is 1.43 bits per heavy atom. The smallest absolute Gasteiger partial charge is 0.143 e. The first-order valence-corrected chi connectivity index (χ1v) is 4.80. The van der Waals surface area contributed by atoms with E-state index in [-0.39, 0.29) is 5.69 Å². The lowest BCUT2D eigenvalue weighted by Crippen LogP contribution is -2.06. The van der Waals surface area contributed by atoms with E-state index >= 15 is 0 Å². The van der Waals surface area contributed by atoms with Gasteiger partial charge in [-0.2, -0.15) is 0 Å². The second kappa shape index (κ2) is 5.17. The molecule has 14 heavy (non-hydrogen) atoms. The maximum Gasteiger partial charge on any atom is 0.143 e. The molecule has 0 atom stereocenters. The summed E-state index contributed by atoms with van der Waals surface area (Å²) in [6, 6.07) is 2.71. The summed E-state index contributed by atoms with van der Waals surface area (Å²) in [5.74, 6) is 0.0527. The van der Waals surface area contributed by atoms with E-state index in [1.54, 1.807) is 7.11 Å². The van der Waals surface area contributed by atoms with Gasteiger partial charge in [-0.3, -0.25) is 0 Å².